The van der Waals surface area contributed by atoms with Gasteiger partial charge in [-0.05, 0) is 37.5 Å². The third-order valence-corrected chi connectivity index (χ3v) is 3.96. The largest absolute Gasteiger partial charge is 0.358 e. The topological polar surface area (TPSA) is 41.8 Å². The van der Waals surface area contributed by atoms with Gasteiger partial charge >= 0.3 is 0 Å². The van der Waals surface area contributed by atoms with E-state index in [1.165, 1.54) is 29.5 Å². The van der Waals surface area contributed by atoms with Crippen molar-refractivity contribution in [3.63, 3.8) is 0 Å². The van der Waals surface area contributed by atoms with Crippen LogP contribution in [0.4, 0.5) is 0 Å². The number of rotatable bonds is 2. The zero-order valence-corrected chi connectivity index (χ0v) is 10.1. The summed E-state index contributed by atoms with van der Waals surface area (Å²) in [5, 5.41) is 2.06. The quantitative estimate of drug-likeness (QED) is 0.824. The lowest BCUT2D eigenvalue weighted by Crippen LogP contribution is -2.20. The number of hydrogen-bond donors (Lipinski definition) is 2. The van der Waals surface area contributed by atoms with Crippen molar-refractivity contribution in [2.75, 3.05) is 6.54 Å². The van der Waals surface area contributed by atoms with Crippen molar-refractivity contribution < 1.29 is 0 Å². The second kappa shape index (κ2) is 3.25. The first-order valence-electron chi connectivity index (χ1n) is 5.65. The Morgan fingerprint density at radius 1 is 1.44 bits per heavy atom. The number of aromatic amines is 1. The third-order valence-electron chi connectivity index (χ3n) is 3.72. The molecule has 3 N–H and O–H groups in total. The van der Waals surface area contributed by atoms with Gasteiger partial charge in [-0.1, -0.05) is 17.7 Å². The first-order valence-corrected chi connectivity index (χ1v) is 6.02. The molecule has 0 spiro atoms. The van der Waals surface area contributed by atoms with Gasteiger partial charge in [-0.25, -0.2) is 0 Å². The molecule has 1 heterocycles. The van der Waals surface area contributed by atoms with Crippen molar-refractivity contribution in [2.24, 2.45) is 5.73 Å². The van der Waals surface area contributed by atoms with Gasteiger partial charge in [0.25, 0.3) is 0 Å². The number of halogens is 1. The molecule has 16 heavy (non-hydrogen) atoms. The molecule has 0 aliphatic heterocycles. The van der Waals surface area contributed by atoms with E-state index in [-0.39, 0.29) is 5.41 Å². The number of benzene rings is 1. The number of nitrogens with one attached hydrogen (secondary N) is 1. The predicted molar refractivity (Wildman–Crippen MR) is 68.0 cm³/mol. The van der Waals surface area contributed by atoms with Crippen LogP contribution in [-0.2, 0) is 5.41 Å². The molecule has 1 aliphatic rings. The van der Waals surface area contributed by atoms with Crippen LogP contribution < -0.4 is 5.73 Å². The molecule has 1 aliphatic carbocycles. The minimum atomic E-state index is 0.232. The molecule has 1 fully saturated rings. The number of nitrogens with two attached hydrogens (primary N) is 1. The van der Waals surface area contributed by atoms with Crippen molar-refractivity contribution >= 4 is 22.5 Å². The minimum absolute atomic E-state index is 0.232. The van der Waals surface area contributed by atoms with Crippen LogP contribution in [0.2, 0.25) is 5.02 Å². The van der Waals surface area contributed by atoms with Gasteiger partial charge in [0, 0.05) is 33.6 Å². The Kier molecular flexibility index (Phi) is 2.07. The fourth-order valence-electron chi connectivity index (χ4n) is 2.69. The summed E-state index contributed by atoms with van der Waals surface area (Å²) in [5.74, 6) is 0. The van der Waals surface area contributed by atoms with Crippen LogP contribution in [0.3, 0.4) is 0 Å². The highest BCUT2D eigenvalue weighted by atomic mass is 35.5. The summed E-state index contributed by atoms with van der Waals surface area (Å²) >= 11 is 6.00. The molecule has 0 bridgehead atoms. The molecule has 2 nitrogen and oxygen atoms in total. The Labute approximate surface area is 99.8 Å². The molecule has 3 rings (SSSR count). The van der Waals surface area contributed by atoms with Crippen LogP contribution in [0.1, 0.15) is 24.1 Å². The van der Waals surface area contributed by atoms with Gasteiger partial charge in [0.05, 0.1) is 0 Å². The minimum Gasteiger partial charge on any atom is -0.358 e. The zero-order valence-electron chi connectivity index (χ0n) is 9.31. The summed E-state index contributed by atoms with van der Waals surface area (Å²) in [6.45, 7) is 2.86. The van der Waals surface area contributed by atoms with Crippen molar-refractivity contribution in [3.05, 3.63) is 34.5 Å². The molecule has 1 aromatic heterocycles. The maximum Gasteiger partial charge on any atom is 0.0474 e. The van der Waals surface area contributed by atoms with E-state index in [0.717, 1.165) is 17.1 Å². The molecule has 1 aromatic carbocycles. The highest BCUT2D eigenvalue weighted by Gasteiger charge is 2.45. The number of H-pyrrole nitrogens is 1. The molecule has 0 unspecified atom stereocenters. The van der Waals surface area contributed by atoms with Gasteiger partial charge < -0.3 is 10.7 Å². The molecule has 2 aromatic rings. The summed E-state index contributed by atoms with van der Waals surface area (Å²) in [6.07, 6.45) is 2.42. The second-order valence-electron chi connectivity index (χ2n) is 4.80. The summed E-state index contributed by atoms with van der Waals surface area (Å²) in [4.78, 5) is 3.41. The van der Waals surface area contributed by atoms with Crippen molar-refractivity contribution in [1.29, 1.82) is 0 Å². The van der Waals surface area contributed by atoms with E-state index in [1.807, 2.05) is 12.1 Å². The van der Waals surface area contributed by atoms with Crippen LogP contribution in [0, 0.1) is 6.92 Å². The van der Waals surface area contributed by atoms with Gasteiger partial charge in [0.15, 0.2) is 0 Å². The van der Waals surface area contributed by atoms with Crippen LogP contribution in [0.5, 0.6) is 0 Å². The Morgan fingerprint density at radius 3 is 2.81 bits per heavy atom. The molecule has 0 amide bonds. The lowest BCUT2D eigenvalue weighted by Gasteiger charge is -2.12. The molecule has 84 valence electrons. The Balaban J connectivity index is 2.28. The highest BCUT2D eigenvalue weighted by Crippen LogP contribution is 2.50. The molecule has 0 radical (unpaired) electrons. The van der Waals surface area contributed by atoms with E-state index in [2.05, 4.69) is 18.0 Å². The summed E-state index contributed by atoms with van der Waals surface area (Å²) < 4.78 is 0. The number of aromatic nitrogens is 1. The number of aryl methyl sites for hydroxylation is 1. The monoisotopic (exact) mass is 234 g/mol. The van der Waals surface area contributed by atoms with Gasteiger partial charge in [-0.15, -0.1) is 0 Å². The van der Waals surface area contributed by atoms with Gasteiger partial charge in [-0.2, -0.15) is 0 Å². The fourth-order valence-corrected chi connectivity index (χ4v) is 2.87. The molecule has 1 saturated carbocycles. The van der Waals surface area contributed by atoms with Gasteiger partial charge in [0.2, 0.25) is 0 Å². The first-order chi connectivity index (χ1) is 7.66. The standard InChI is InChI=1S/C13H15ClN2/c1-8-12(13(7-15)4-5-13)10-3-2-9(14)6-11(10)16-8/h2-3,6,16H,4-5,7,15H2,1H3. The predicted octanol–water partition coefficient (Wildman–Crippen LogP) is 3.12. The Hall–Kier alpha value is -0.990. The Bertz CT molecular complexity index is 552. The lowest BCUT2D eigenvalue weighted by molar-refractivity contribution is 0.705. The summed E-state index contributed by atoms with van der Waals surface area (Å²) in [6, 6.07) is 6.04. The molecule has 0 atom stereocenters. The van der Waals surface area contributed by atoms with Crippen molar-refractivity contribution in [2.45, 2.75) is 25.2 Å². The highest BCUT2D eigenvalue weighted by molar-refractivity contribution is 6.31. The van der Waals surface area contributed by atoms with Gasteiger partial charge in [-0.3, -0.25) is 0 Å². The smallest absolute Gasteiger partial charge is 0.0474 e. The van der Waals surface area contributed by atoms with E-state index in [9.17, 15) is 0 Å². The lowest BCUT2D eigenvalue weighted by atomic mass is 9.93. The van der Waals surface area contributed by atoms with E-state index in [0.29, 0.717) is 0 Å². The Morgan fingerprint density at radius 2 is 2.19 bits per heavy atom. The molecular formula is C13H15ClN2. The normalized spacial score (nSPS) is 17.9. The van der Waals surface area contributed by atoms with Crippen LogP contribution in [-0.4, -0.2) is 11.5 Å². The zero-order chi connectivity index (χ0) is 11.3. The van der Waals surface area contributed by atoms with E-state index >= 15 is 0 Å². The maximum atomic E-state index is 6.00. The third kappa shape index (κ3) is 1.30. The van der Waals surface area contributed by atoms with Crippen LogP contribution in [0.15, 0.2) is 18.2 Å². The first kappa shape index (κ1) is 10.2. The summed E-state index contributed by atoms with van der Waals surface area (Å²) in [7, 11) is 0. The second-order valence-corrected chi connectivity index (χ2v) is 5.24. The fraction of sp³-hybridized carbons (Fsp3) is 0.385. The van der Waals surface area contributed by atoms with E-state index in [1.54, 1.807) is 0 Å². The molecule has 3 heteroatoms. The summed E-state index contributed by atoms with van der Waals surface area (Å²) in [5.41, 5.74) is 9.91. The SMILES string of the molecule is Cc1[nH]c2cc(Cl)ccc2c1C1(CN)CC1. The average molecular weight is 235 g/mol. The van der Waals surface area contributed by atoms with Gasteiger partial charge in [0.1, 0.15) is 0 Å². The number of hydrogen-bond acceptors (Lipinski definition) is 1. The van der Waals surface area contributed by atoms with Crippen LogP contribution in [0.25, 0.3) is 10.9 Å². The van der Waals surface area contributed by atoms with Crippen LogP contribution >= 0.6 is 11.6 Å². The average Bonchev–Trinajstić information content (AvgIpc) is 2.96. The van der Waals surface area contributed by atoms with E-state index in [4.69, 9.17) is 17.3 Å². The maximum absolute atomic E-state index is 6.00. The molecular weight excluding hydrogens is 220 g/mol. The number of fused-ring (bicyclic) bond motifs is 1. The van der Waals surface area contributed by atoms with Crippen molar-refractivity contribution in [1.82, 2.24) is 4.98 Å². The van der Waals surface area contributed by atoms with E-state index < -0.39 is 0 Å². The van der Waals surface area contributed by atoms with Crippen molar-refractivity contribution in [3.8, 4) is 0 Å². The molecule has 0 saturated heterocycles.